The number of sulfonamides is 1. The van der Waals surface area contributed by atoms with Crippen LogP contribution in [0.1, 0.15) is 5.56 Å². The lowest BCUT2D eigenvalue weighted by Gasteiger charge is -2.09. The molecule has 0 aliphatic carbocycles. The summed E-state index contributed by atoms with van der Waals surface area (Å²) in [6.45, 7) is 2.30. The van der Waals surface area contributed by atoms with Crippen molar-refractivity contribution in [1.82, 2.24) is 5.32 Å². The molecule has 0 spiro atoms. The van der Waals surface area contributed by atoms with Gasteiger partial charge >= 0.3 is 0 Å². The molecule has 0 radical (unpaired) electrons. The molecule has 0 atom stereocenters. The number of anilines is 1. The van der Waals surface area contributed by atoms with Crippen molar-refractivity contribution in [3.05, 3.63) is 28.8 Å². The van der Waals surface area contributed by atoms with E-state index in [9.17, 15) is 8.42 Å². The van der Waals surface area contributed by atoms with E-state index in [0.29, 0.717) is 17.3 Å². The number of aryl methyl sites for hydroxylation is 1. The van der Waals surface area contributed by atoms with Gasteiger partial charge in [0, 0.05) is 6.54 Å². The van der Waals surface area contributed by atoms with Gasteiger partial charge in [-0.15, -0.1) is 0 Å². The molecule has 90 valence electrons. The number of rotatable bonds is 5. The maximum absolute atomic E-state index is 11.6. The first-order chi connectivity index (χ1) is 7.44. The van der Waals surface area contributed by atoms with Crippen LogP contribution in [0, 0.1) is 6.92 Å². The lowest BCUT2D eigenvalue weighted by Crippen LogP contribution is -2.24. The minimum absolute atomic E-state index is 0.0215. The second kappa shape index (κ2) is 5.52. The molecule has 0 aliphatic heterocycles. The first-order valence-corrected chi connectivity index (χ1v) is 6.89. The topological polar surface area (TPSA) is 58.2 Å². The number of nitrogens with one attached hydrogen (secondary N) is 2. The maximum Gasteiger partial charge on any atom is 0.234 e. The predicted molar refractivity (Wildman–Crippen MR) is 67.5 cm³/mol. The third-order valence-electron chi connectivity index (χ3n) is 2.01. The summed E-state index contributed by atoms with van der Waals surface area (Å²) in [6, 6.07) is 5.19. The maximum atomic E-state index is 11.6. The molecule has 1 aromatic rings. The molecule has 4 nitrogen and oxygen atoms in total. The predicted octanol–water partition coefficient (Wildman–Crippen LogP) is 1.61. The molecule has 0 saturated heterocycles. The molecule has 0 aliphatic rings. The Kier molecular flexibility index (Phi) is 4.58. The van der Waals surface area contributed by atoms with Crippen molar-refractivity contribution in [3.63, 3.8) is 0 Å². The zero-order valence-corrected chi connectivity index (χ0v) is 10.8. The fourth-order valence-corrected chi connectivity index (χ4v) is 2.58. The van der Waals surface area contributed by atoms with Crippen molar-refractivity contribution in [3.8, 4) is 0 Å². The van der Waals surface area contributed by atoms with Gasteiger partial charge in [0.2, 0.25) is 10.0 Å². The highest BCUT2D eigenvalue weighted by atomic mass is 35.5. The molecule has 0 aromatic heterocycles. The molecule has 16 heavy (non-hydrogen) atoms. The SMILES string of the molecule is CNCCS(=O)(=O)Nc1ccc(C)cc1Cl. The van der Waals surface area contributed by atoms with Gasteiger partial charge in [-0.1, -0.05) is 17.7 Å². The van der Waals surface area contributed by atoms with Crippen LogP contribution in [-0.4, -0.2) is 27.8 Å². The van der Waals surface area contributed by atoms with Gasteiger partial charge in [-0.2, -0.15) is 0 Å². The minimum atomic E-state index is -3.33. The first-order valence-electron chi connectivity index (χ1n) is 4.86. The number of benzene rings is 1. The summed E-state index contributed by atoms with van der Waals surface area (Å²) in [4.78, 5) is 0. The number of halogens is 1. The van der Waals surface area contributed by atoms with Gasteiger partial charge in [0.15, 0.2) is 0 Å². The van der Waals surface area contributed by atoms with Crippen molar-refractivity contribution < 1.29 is 8.42 Å². The molecular weight excluding hydrogens is 248 g/mol. The van der Waals surface area contributed by atoms with E-state index in [1.807, 2.05) is 13.0 Å². The van der Waals surface area contributed by atoms with Crippen LogP contribution >= 0.6 is 11.6 Å². The summed E-state index contributed by atoms with van der Waals surface area (Å²) < 4.78 is 25.6. The molecular formula is C10H15ClN2O2S. The summed E-state index contributed by atoms with van der Waals surface area (Å²) >= 11 is 5.93. The third kappa shape index (κ3) is 4.00. The van der Waals surface area contributed by atoms with Crippen LogP contribution in [0.4, 0.5) is 5.69 Å². The van der Waals surface area contributed by atoms with Crippen molar-refractivity contribution in [2.75, 3.05) is 24.1 Å². The van der Waals surface area contributed by atoms with E-state index in [-0.39, 0.29) is 5.75 Å². The van der Waals surface area contributed by atoms with Gasteiger partial charge in [0.05, 0.1) is 16.5 Å². The average Bonchev–Trinajstić information content (AvgIpc) is 2.19. The Bertz CT molecular complexity index is 460. The fraction of sp³-hybridized carbons (Fsp3) is 0.400. The van der Waals surface area contributed by atoms with Crippen molar-refractivity contribution in [2.45, 2.75) is 6.92 Å². The van der Waals surface area contributed by atoms with E-state index in [1.165, 1.54) is 0 Å². The normalized spacial score (nSPS) is 11.4. The Hall–Kier alpha value is -0.780. The minimum Gasteiger partial charge on any atom is -0.319 e. The van der Waals surface area contributed by atoms with Crippen LogP contribution in [0.25, 0.3) is 0 Å². The highest BCUT2D eigenvalue weighted by molar-refractivity contribution is 7.92. The van der Waals surface area contributed by atoms with E-state index in [1.54, 1.807) is 19.2 Å². The molecule has 0 unspecified atom stereocenters. The van der Waals surface area contributed by atoms with Crippen molar-refractivity contribution in [1.29, 1.82) is 0 Å². The number of hydrogen-bond acceptors (Lipinski definition) is 3. The summed E-state index contributed by atoms with van der Waals surface area (Å²) in [7, 11) is -1.63. The standard InChI is InChI=1S/C10H15ClN2O2S/c1-8-3-4-10(9(11)7-8)13-16(14,15)6-5-12-2/h3-4,7,12-13H,5-6H2,1-2H3. The summed E-state index contributed by atoms with van der Waals surface area (Å²) in [5.74, 6) is 0.0215. The van der Waals surface area contributed by atoms with Crippen LogP contribution in [0.3, 0.4) is 0 Å². The van der Waals surface area contributed by atoms with Crippen LogP contribution in [0.15, 0.2) is 18.2 Å². The molecule has 0 bridgehead atoms. The Labute approximate surface area is 101 Å². The lowest BCUT2D eigenvalue weighted by molar-refractivity contribution is 0.599. The molecule has 0 saturated carbocycles. The van der Waals surface area contributed by atoms with Crippen LogP contribution in [0.5, 0.6) is 0 Å². The van der Waals surface area contributed by atoms with Gasteiger partial charge in [-0.25, -0.2) is 8.42 Å². The van der Waals surface area contributed by atoms with E-state index < -0.39 is 10.0 Å². The van der Waals surface area contributed by atoms with Crippen molar-refractivity contribution >= 4 is 27.3 Å². The van der Waals surface area contributed by atoms with Gasteiger partial charge < -0.3 is 5.32 Å². The molecule has 0 amide bonds. The fourth-order valence-electron chi connectivity index (χ4n) is 1.16. The van der Waals surface area contributed by atoms with Gasteiger partial charge in [0.1, 0.15) is 0 Å². The lowest BCUT2D eigenvalue weighted by atomic mass is 10.2. The zero-order chi connectivity index (χ0) is 12.2. The van der Waals surface area contributed by atoms with Crippen molar-refractivity contribution in [2.24, 2.45) is 0 Å². The number of hydrogen-bond donors (Lipinski definition) is 2. The first kappa shape index (κ1) is 13.3. The molecule has 6 heteroatoms. The van der Waals surface area contributed by atoms with E-state index >= 15 is 0 Å². The summed E-state index contributed by atoms with van der Waals surface area (Å²) in [6.07, 6.45) is 0. The average molecular weight is 263 g/mol. The van der Waals surface area contributed by atoms with Crippen LogP contribution in [0.2, 0.25) is 5.02 Å². The summed E-state index contributed by atoms with van der Waals surface area (Å²) in [5, 5.41) is 3.19. The highest BCUT2D eigenvalue weighted by Gasteiger charge is 2.11. The van der Waals surface area contributed by atoms with Crippen LogP contribution in [-0.2, 0) is 10.0 Å². The van der Waals surface area contributed by atoms with E-state index in [0.717, 1.165) is 5.56 Å². The monoisotopic (exact) mass is 262 g/mol. The van der Waals surface area contributed by atoms with Crippen LogP contribution < -0.4 is 10.0 Å². The molecule has 0 heterocycles. The molecule has 0 fully saturated rings. The van der Waals surface area contributed by atoms with E-state index in [2.05, 4.69) is 10.0 Å². The highest BCUT2D eigenvalue weighted by Crippen LogP contribution is 2.23. The molecule has 1 aromatic carbocycles. The Morgan fingerprint density at radius 3 is 2.62 bits per heavy atom. The third-order valence-corrected chi connectivity index (χ3v) is 3.60. The smallest absolute Gasteiger partial charge is 0.234 e. The summed E-state index contributed by atoms with van der Waals surface area (Å²) in [5.41, 5.74) is 1.41. The van der Waals surface area contributed by atoms with E-state index in [4.69, 9.17) is 11.6 Å². The van der Waals surface area contributed by atoms with Gasteiger partial charge in [-0.05, 0) is 31.7 Å². The quantitative estimate of drug-likeness (QED) is 0.848. The Morgan fingerprint density at radius 1 is 1.38 bits per heavy atom. The second-order valence-electron chi connectivity index (χ2n) is 3.51. The molecule has 1 rings (SSSR count). The van der Waals surface area contributed by atoms with Gasteiger partial charge in [0.25, 0.3) is 0 Å². The molecule has 2 N–H and O–H groups in total. The largest absolute Gasteiger partial charge is 0.319 e. The van der Waals surface area contributed by atoms with Gasteiger partial charge in [-0.3, -0.25) is 4.72 Å². The Morgan fingerprint density at radius 2 is 2.06 bits per heavy atom. The zero-order valence-electron chi connectivity index (χ0n) is 9.25. The Balaban J connectivity index is 2.80. The second-order valence-corrected chi connectivity index (χ2v) is 5.76.